The summed E-state index contributed by atoms with van der Waals surface area (Å²) in [5.41, 5.74) is 0.383. The van der Waals surface area contributed by atoms with Crippen LogP contribution >= 0.6 is 11.3 Å². The van der Waals surface area contributed by atoms with Crippen LogP contribution in [-0.4, -0.2) is 32.2 Å². The third-order valence-corrected chi connectivity index (χ3v) is 4.59. The molecule has 2 rings (SSSR count). The molecular weight excluding hydrogens is 312 g/mol. The van der Waals surface area contributed by atoms with E-state index < -0.39 is 10.0 Å². The van der Waals surface area contributed by atoms with E-state index in [1.165, 1.54) is 42.8 Å². The van der Waals surface area contributed by atoms with E-state index >= 15 is 0 Å². The molecule has 6 nitrogen and oxygen atoms in total. The molecule has 0 spiro atoms. The van der Waals surface area contributed by atoms with Gasteiger partial charge in [-0.15, -0.1) is 11.3 Å². The maximum absolute atomic E-state index is 12.2. The second-order valence-corrected chi connectivity index (χ2v) is 6.34. The minimum Gasteiger partial charge on any atom is -0.495 e. The van der Waals surface area contributed by atoms with Gasteiger partial charge in [-0.3, -0.25) is 4.72 Å². The number of hydrogen-bond acceptors (Lipinski definition) is 6. The summed E-state index contributed by atoms with van der Waals surface area (Å²) >= 11 is 1.18. The number of hydrogen-bond donors (Lipinski definition) is 2. The summed E-state index contributed by atoms with van der Waals surface area (Å²) in [4.78, 5) is 3.92. The van der Waals surface area contributed by atoms with Crippen LogP contribution in [-0.2, 0) is 10.0 Å². The van der Waals surface area contributed by atoms with Gasteiger partial charge in [0.1, 0.15) is 12.4 Å². The van der Waals surface area contributed by atoms with Gasteiger partial charge in [-0.2, -0.15) is 0 Å². The molecule has 1 aromatic carbocycles. The van der Waals surface area contributed by atoms with Crippen molar-refractivity contribution < 1.29 is 18.3 Å². The van der Waals surface area contributed by atoms with Crippen molar-refractivity contribution in [1.29, 1.82) is 0 Å². The van der Waals surface area contributed by atoms with E-state index in [-0.39, 0.29) is 16.6 Å². The predicted octanol–water partition coefficient (Wildman–Crippen LogP) is 1.30. The number of thiazole rings is 1. The number of aromatic nitrogens is 1. The summed E-state index contributed by atoms with van der Waals surface area (Å²) < 4.78 is 32.0. The van der Waals surface area contributed by atoms with Gasteiger partial charge in [-0.1, -0.05) is 11.8 Å². The van der Waals surface area contributed by atoms with E-state index in [1.807, 2.05) is 0 Å². The van der Waals surface area contributed by atoms with Crippen molar-refractivity contribution in [3.8, 4) is 17.6 Å². The first-order valence-corrected chi connectivity index (χ1v) is 8.13. The number of methoxy groups -OCH3 is 1. The van der Waals surface area contributed by atoms with Crippen LogP contribution in [0.15, 0.2) is 34.7 Å². The summed E-state index contributed by atoms with van der Waals surface area (Å²) in [7, 11) is -2.28. The Morgan fingerprint density at radius 1 is 1.48 bits per heavy atom. The van der Waals surface area contributed by atoms with Crippen molar-refractivity contribution in [3.05, 3.63) is 35.3 Å². The van der Waals surface area contributed by atoms with Crippen LogP contribution in [0, 0.1) is 11.8 Å². The summed E-state index contributed by atoms with van der Waals surface area (Å²) in [6.07, 6.45) is 1.51. The van der Waals surface area contributed by atoms with E-state index in [4.69, 9.17) is 9.84 Å². The summed E-state index contributed by atoms with van der Waals surface area (Å²) in [6, 6.07) is 4.31. The van der Waals surface area contributed by atoms with Crippen LogP contribution in [0.1, 0.15) is 5.56 Å². The molecule has 0 aliphatic carbocycles. The molecule has 2 aromatic rings. The normalized spacial score (nSPS) is 10.6. The van der Waals surface area contributed by atoms with Crippen molar-refractivity contribution in [2.45, 2.75) is 4.90 Å². The highest BCUT2D eigenvalue weighted by molar-refractivity contribution is 7.93. The number of nitrogens with one attached hydrogen (secondary N) is 1. The zero-order chi connectivity index (χ0) is 15.3. The molecule has 0 fully saturated rings. The van der Waals surface area contributed by atoms with Gasteiger partial charge in [-0.25, -0.2) is 13.4 Å². The molecule has 1 aromatic heterocycles. The molecule has 0 bridgehead atoms. The number of nitrogens with zero attached hydrogens (tertiary/aromatic N) is 1. The second-order valence-electron chi connectivity index (χ2n) is 3.76. The number of aliphatic hydroxyl groups is 1. The molecule has 21 heavy (non-hydrogen) atoms. The predicted molar refractivity (Wildman–Crippen MR) is 79.9 cm³/mol. The fraction of sp³-hybridized carbons (Fsp3) is 0.154. The van der Waals surface area contributed by atoms with Crippen molar-refractivity contribution >= 4 is 26.5 Å². The van der Waals surface area contributed by atoms with Gasteiger partial charge < -0.3 is 9.84 Å². The highest BCUT2D eigenvalue weighted by Gasteiger charge is 2.17. The minimum atomic E-state index is -3.74. The van der Waals surface area contributed by atoms with Gasteiger partial charge in [-0.05, 0) is 18.2 Å². The molecule has 0 radical (unpaired) electrons. The second kappa shape index (κ2) is 6.58. The number of rotatable bonds is 4. The van der Waals surface area contributed by atoms with E-state index in [0.717, 1.165) is 0 Å². The van der Waals surface area contributed by atoms with Crippen LogP contribution in [0.5, 0.6) is 5.75 Å². The average Bonchev–Trinajstić information content (AvgIpc) is 2.96. The molecule has 110 valence electrons. The van der Waals surface area contributed by atoms with Crippen molar-refractivity contribution in [1.82, 2.24) is 4.98 Å². The van der Waals surface area contributed by atoms with Gasteiger partial charge in [0.15, 0.2) is 5.13 Å². The lowest BCUT2D eigenvalue weighted by Crippen LogP contribution is -2.13. The first-order valence-electron chi connectivity index (χ1n) is 5.77. The van der Waals surface area contributed by atoms with Crippen LogP contribution in [0.25, 0.3) is 0 Å². The number of sulfonamides is 1. The molecule has 0 aliphatic rings. The topological polar surface area (TPSA) is 88.5 Å². The Balaban J connectivity index is 2.39. The first kappa shape index (κ1) is 15.3. The van der Waals surface area contributed by atoms with E-state index in [2.05, 4.69) is 21.5 Å². The fourth-order valence-corrected chi connectivity index (χ4v) is 3.35. The van der Waals surface area contributed by atoms with Gasteiger partial charge in [0.2, 0.25) is 0 Å². The van der Waals surface area contributed by atoms with Gasteiger partial charge >= 0.3 is 0 Å². The molecule has 0 saturated heterocycles. The Hall–Kier alpha value is -2.08. The molecule has 0 unspecified atom stereocenters. The lowest BCUT2D eigenvalue weighted by molar-refractivity contribution is 0.350. The fourth-order valence-electron chi connectivity index (χ4n) is 1.53. The Morgan fingerprint density at radius 2 is 2.29 bits per heavy atom. The van der Waals surface area contributed by atoms with E-state index in [9.17, 15) is 8.42 Å². The summed E-state index contributed by atoms with van der Waals surface area (Å²) in [5, 5.41) is 10.7. The van der Waals surface area contributed by atoms with E-state index in [0.29, 0.717) is 11.3 Å². The van der Waals surface area contributed by atoms with Crippen LogP contribution in [0.4, 0.5) is 5.13 Å². The zero-order valence-corrected chi connectivity index (χ0v) is 12.7. The van der Waals surface area contributed by atoms with Crippen molar-refractivity contribution in [2.75, 3.05) is 18.4 Å². The molecule has 0 aliphatic heterocycles. The van der Waals surface area contributed by atoms with Crippen LogP contribution < -0.4 is 9.46 Å². The third-order valence-electron chi connectivity index (χ3n) is 2.44. The molecule has 0 amide bonds. The van der Waals surface area contributed by atoms with Crippen LogP contribution in [0.2, 0.25) is 0 Å². The maximum Gasteiger partial charge on any atom is 0.263 e. The Kier molecular flexibility index (Phi) is 4.80. The SMILES string of the molecule is COc1ccc(S(=O)(=O)Nc2nccs2)cc1C#CCO. The number of aliphatic hydroxyl groups excluding tert-OH is 1. The Morgan fingerprint density at radius 3 is 2.90 bits per heavy atom. The quantitative estimate of drug-likeness (QED) is 0.828. The number of ether oxygens (including phenoxy) is 1. The van der Waals surface area contributed by atoms with E-state index in [1.54, 1.807) is 5.38 Å². The highest BCUT2D eigenvalue weighted by Crippen LogP contribution is 2.23. The Labute approximate surface area is 126 Å². The lowest BCUT2D eigenvalue weighted by atomic mass is 10.2. The van der Waals surface area contributed by atoms with Gasteiger partial charge in [0.25, 0.3) is 10.0 Å². The number of anilines is 1. The first-order chi connectivity index (χ1) is 10.1. The van der Waals surface area contributed by atoms with Crippen molar-refractivity contribution in [3.63, 3.8) is 0 Å². The molecular formula is C13H12N2O4S2. The standard InChI is InChI=1S/C13H12N2O4S2/c1-19-12-5-4-11(9-10(12)3-2-7-16)21(17,18)15-13-14-6-8-20-13/h4-6,8-9,16H,7H2,1H3,(H,14,15). The highest BCUT2D eigenvalue weighted by atomic mass is 32.2. The molecule has 0 atom stereocenters. The lowest BCUT2D eigenvalue weighted by Gasteiger charge is -2.08. The minimum absolute atomic E-state index is 0.0424. The monoisotopic (exact) mass is 324 g/mol. The molecule has 1 heterocycles. The summed E-state index contributed by atoms with van der Waals surface area (Å²) in [5.74, 6) is 5.55. The zero-order valence-electron chi connectivity index (χ0n) is 11.0. The Bertz CT molecular complexity index is 774. The third kappa shape index (κ3) is 3.72. The molecule has 8 heteroatoms. The number of benzene rings is 1. The molecule has 2 N–H and O–H groups in total. The summed E-state index contributed by atoms with van der Waals surface area (Å²) in [6.45, 7) is -0.322. The van der Waals surface area contributed by atoms with Crippen LogP contribution in [0.3, 0.4) is 0 Å². The molecule has 0 saturated carbocycles. The van der Waals surface area contributed by atoms with Gasteiger partial charge in [0, 0.05) is 11.6 Å². The maximum atomic E-state index is 12.2. The average molecular weight is 324 g/mol. The van der Waals surface area contributed by atoms with Crippen molar-refractivity contribution in [2.24, 2.45) is 0 Å². The smallest absolute Gasteiger partial charge is 0.263 e. The largest absolute Gasteiger partial charge is 0.495 e. The van der Waals surface area contributed by atoms with Gasteiger partial charge in [0.05, 0.1) is 17.6 Å².